The molecule has 0 radical (unpaired) electrons. The van der Waals surface area contributed by atoms with Crippen LogP contribution in [-0.4, -0.2) is 43.0 Å². The number of nitrogens with zero attached hydrogens (tertiary/aromatic N) is 1. The Bertz CT molecular complexity index is 1020. The number of H-pyrrole nitrogens is 1. The van der Waals surface area contributed by atoms with Gasteiger partial charge in [-0.1, -0.05) is 30.3 Å². The highest BCUT2D eigenvalue weighted by atomic mass is 16.6. The summed E-state index contributed by atoms with van der Waals surface area (Å²) in [4.78, 5) is 30.3. The molecule has 6 nitrogen and oxygen atoms in total. The van der Waals surface area contributed by atoms with Crippen LogP contribution < -0.4 is 9.64 Å². The molecular weight excluding hydrogens is 344 g/mol. The summed E-state index contributed by atoms with van der Waals surface area (Å²) in [6, 6.07) is 15.1. The van der Waals surface area contributed by atoms with Crippen molar-refractivity contribution in [2.24, 2.45) is 0 Å². The van der Waals surface area contributed by atoms with Gasteiger partial charge in [0.1, 0.15) is 5.75 Å². The number of anilines is 1. The second-order valence-corrected chi connectivity index (χ2v) is 6.57. The van der Waals surface area contributed by atoms with Gasteiger partial charge < -0.3 is 19.4 Å². The van der Waals surface area contributed by atoms with Gasteiger partial charge in [0.15, 0.2) is 5.78 Å². The minimum Gasteiger partial charge on any atom is -0.475 e. The van der Waals surface area contributed by atoms with Crippen LogP contribution in [0.2, 0.25) is 0 Å². The van der Waals surface area contributed by atoms with E-state index in [1.807, 2.05) is 54.3 Å². The normalized spacial score (nSPS) is 15.9. The van der Waals surface area contributed by atoms with Gasteiger partial charge in [0, 0.05) is 22.2 Å². The van der Waals surface area contributed by atoms with Crippen molar-refractivity contribution in [3.8, 4) is 5.75 Å². The number of ketones is 1. The molecule has 0 unspecified atom stereocenters. The number of carbonyl (C=O) groups is 2. The largest absolute Gasteiger partial charge is 0.475 e. The Morgan fingerprint density at radius 2 is 1.93 bits per heavy atom. The van der Waals surface area contributed by atoms with E-state index >= 15 is 0 Å². The van der Waals surface area contributed by atoms with Crippen LogP contribution in [0.15, 0.2) is 48.5 Å². The van der Waals surface area contributed by atoms with Gasteiger partial charge in [0.25, 0.3) is 0 Å². The molecule has 0 saturated carbocycles. The van der Waals surface area contributed by atoms with E-state index in [0.717, 1.165) is 22.3 Å². The van der Waals surface area contributed by atoms with Crippen molar-refractivity contribution in [2.45, 2.75) is 13.0 Å². The summed E-state index contributed by atoms with van der Waals surface area (Å²) >= 11 is 0. The monoisotopic (exact) mass is 364 g/mol. The molecule has 2 aromatic carbocycles. The first-order valence-electron chi connectivity index (χ1n) is 8.77. The second kappa shape index (κ2) is 6.79. The summed E-state index contributed by atoms with van der Waals surface area (Å²) in [5, 5.41) is 0.908. The van der Waals surface area contributed by atoms with Crippen LogP contribution in [0.4, 0.5) is 5.69 Å². The van der Waals surface area contributed by atoms with E-state index in [-0.39, 0.29) is 18.9 Å². The number of ether oxygens (including phenoxy) is 2. The summed E-state index contributed by atoms with van der Waals surface area (Å²) in [5.74, 6) is 0.109. The zero-order valence-corrected chi connectivity index (χ0v) is 15.2. The van der Waals surface area contributed by atoms with Gasteiger partial charge in [-0.15, -0.1) is 0 Å². The van der Waals surface area contributed by atoms with Crippen LogP contribution in [0.5, 0.6) is 5.75 Å². The van der Waals surface area contributed by atoms with Gasteiger partial charge in [-0.25, -0.2) is 4.79 Å². The molecule has 1 aliphatic rings. The molecule has 1 aromatic heterocycles. The van der Waals surface area contributed by atoms with E-state index in [9.17, 15) is 9.59 Å². The third-order valence-electron chi connectivity index (χ3n) is 4.83. The summed E-state index contributed by atoms with van der Waals surface area (Å²) in [6.07, 6.45) is -0.762. The molecule has 1 N–H and O–H groups in total. The molecule has 1 aliphatic heterocycles. The zero-order chi connectivity index (χ0) is 19.0. The fourth-order valence-corrected chi connectivity index (χ4v) is 3.60. The molecule has 0 aliphatic carbocycles. The van der Waals surface area contributed by atoms with Gasteiger partial charge in [0.05, 0.1) is 25.9 Å². The van der Waals surface area contributed by atoms with Crippen LogP contribution in [-0.2, 0) is 9.53 Å². The number of nitrogens with one attached hydrogen (secondary N) is 1. The molecule has 0 fully saturated rings. The van der Waals surface area contributed by atoms with Crippen molar-refractivity contribution >= 4 is 28.3 Å². The topological polar surface area (TPSA) is 71.6 Å². The van der Waals surface area contributed by atoms with E-state index in [0.29, 0.717) is 11.3 Å². The SMILES string of the molecule is COC(=O)[C@H]1CN(CC(=O)c2c(C)[nH]c3ccccc23)c2ccccc2O1. The Hall–Kier alpha value is -3.28. The van der Waals surface area contributed by atoms with Crippen molar-refractivity contribution in [1.29, 1.82) is 0 Å². The first-order valence-corrected chi connectivity index (χ1v) is 8.77. The van der Waals surface area contributed by atoms with Crippen LogP contribution in [0.3, 0.4) is 0 Å². The average Bonchev–Trinajstić information content (AvgIpc) is 3.03. The molecule has 0 bridgehead atoms. The maximum atomic E-state index is 13.1. The third kappa shape index (κ3) is 3.03. The first-order chi connectivity index (χ1) is 13.1. The fraction of sp³-hybridized carbons (Fsp3) is 0.238. The Morgan fingerprint density at radius 3 is 2.74 bits per heavy atom. The molecule has 0 amide bonds. The van der Waals surface area contributed by atoms with E-state index in [2.05, 4.69) is 4.98 Å². The number of hydrogen-bond donors (Lipinski definition) is 1. The molecule has 138 valence electrons. The third-order valence-corrected chi connectivity index (χ3v) is 4.83. The maximum absolute atomic E-state index is 13.1. The molecule has 3 aromatic rings. The van der Waals surface area contributed by atoms with Gasteiger partial charge in [0.2, 0.25) is 6.10 Å². The number of methoxy groups -OCH3 is 1. The van der Waals surface area contributed by atoms with Crippen molar-refractivity contribution in [1.82, 2.24) is 4.98 Å². The minimum atomic E-state index is -0.762. The van der Waals surface area contributed by atoms with Crippen molar-refractivity contribution in [3.05, 3.63) is 59.8 Å². The lowest BCUT2D eigenvalue weighted by atomic mass is 10.1. The highest BCUT2D eigenvalue weighted by molar-refractivity contribution is 6.11. The molecule has 6 heteroatoms. The summed E-state index contributed by atoms with van der Waals surface area (Å²) in [5.41, 5.74) is 3.26. The fourth-order valence-electron chi connectivity index (χ4n) is 3.60. The quantitative estimate of drug-likeness (QED) is 0.569. The van der Waals surface area contributed by atoms with Crippen LogP contribution >= 0.6 is 0 Å². The number of aromatic amines is 1. The molecule has 2 heterocycles. The lowest BCUT2D eigenvalue weighted by molar-refractivity contribution is -0.148. The maximum Gasteiger partial charge on any atom is 0.348 e. The van der Waals surface area contributed by atoms with Crippen molar-refractivity contribution in [2.75, 3.05) is 25.1 Å². The smallest absolute Gasteiger partial charge is 0.348 e. The predicted molar refractivity (Wildman–Crippen MR) is 102 cm³/mol. The first kappa shape index (κ1) is 17.1. The number of benzene rings is 2. The van der Waals surface area contributed by atoms with Crippen LogP contribution in [0, 0.1) is 6.92 Å². The molecule has 27 heavy (non-hydrogen) atoms. The zero-order valence-electron chi connectivity index (χ0n) is 15.2. The van der Waals surface area contributed by atoms with E-state index < -0.39 is 12.1 Å². The molecule has 0 spiro atoms. The number of carbonyl (C=O) groups excluding carboxylic acids is 2. The van der Waals surface area contributed by atoms with E-state index in [1.54, 1.807) is 6.07 Å². The van der Waals surface area contributed by atoms with Crippen molar-refractivity contribution < 1.29 is 19.1 Å². The van der Waals surface area contributed by atoms with Crippen LogP contribution in [0.25, 0.3) is 10.9 Å². The van der Waals surface area contributed by atoms with Gasteiger partial charge in [-0.2, -0.15) is 0 Å². The van der Waals surface area contributed by atoms with E-state index in [1.165, 1.54) is 7.11 Å². The lowest BCUT2D eigenvalue weighted by Gasteiger charge is -2.34. The summed E-state index contributed by atoms with van der Waals surface area (Å²) in [7, 11) is 1.33. The number of esters is 1. The second-order valence-electron chi connectivity index (χ2n) is 6.57. The van der Waals surface area contributed by atoms with Gasteiger partial charge >= 0.3 is 5.97 Å². The average molecular weight is 364 g/mol. The number of para-hydroxylation sites is 3. The molecular formula is C21H20N2O4. The molecule has 0 saturated heterocycles. The highest BCUT2D eigenvalue weighted by Gasteiger charge is 2.32. The highest BCUT2D eigenvalue weighted by Crippen LogP contribution is 2.34. The number of rotatable bonds is 4. The number of aryl methyl sites for hydroxylation is 1. The predicted octanol–water partition coefficient (Wildman–Crippen LogP) is 3.10. The molecule has 4 rings (SSSR count). The van der Waals surface area contributed by atoms with Crippen molar-refractivity contribution in [3.63, 3.8) is 0 Å². The number of aromatic nitrogens is 1. The standard InChI is InChI=1S/C21H20N2O4/c1-13-20(14-7-3-4-8-15(14)22-13)17(24)11-23-12-19(21(25)26-2)27-18-10-6-5-9-16(18)23/h3-10,19,22H,11-12H2,1-2H3/t19-/m1/s1. The Morgan fingerprint density at radius 1 is 1.19 bits per heavy atom. The summed E-state index contributed by atoms with van der Waals surface area (Å²) in [6.45, 7) is 2.31. The molecule has 1 atom stereocenters. The Balaban J connectivity index is 1.67. The lowest BCUT2D eigenvalue weighted by Crippen LogP contribution is -2.46. The van der Waals surface area contributed by atoms with Gasteiger partial charge in [-0.3, -0.25) is 4.79 Å². The van der Waals surface area contributed by atoms with Gasteiger partial charge in [-0.05, 0) is 25.1 Å². The van der Waals surface area contributed by atoms with E-state index in [4.69, 9.17) is 9.47 Å². The summed E-state index contributed by atoms with van der Waals surface area (Å²) < 4.78 is 10.6. The van der Waals surface area contributed by atoms with Crippen LogP contribution in [0.1, 0.15) is 16.1 Å². The Kier molecular flexibility index (Phi) is 4.32. The minimum absolute atomic E-state index is 0.00901. The Labute approximate surface area is 156 Å². The number of hydrogen-bond acceptors (Lipinski definition) is 5. The number of fused-ring (bicyclic) bond motifs is 2. The number of Topliss-reactive ketones (excluding diaryl/α,β-unsaturated/α-hetero) is 1.